The number of hydrogen-bond donors (Lipinski definition) is 2. The van der Waals surface area contributed by atoms with E-state index in [2.05, 4.69) is 33.0 Å². The van der Waals surface area contributed by atoms with Crippen LogP contribution in [0.3, 0.4) is 0 Å². The molecule has 1 aromatic rings. The summed E-state index contributed by atoms with van der Waals surface area (Å²) in [5, 5.41) is 12.3. The minimum atomic E-state index is -0.381. The highest BCUT2D eigenvalue weighted by atomic mass is 35.5. The highest BCUT2D eigenvalue weighted by Crippen LogP contribution is 2.15. The zero-order chi connectivity index (χ0) is 11.4. The average molecular weight is 244 g/mol. The highest BCUT2D eigenvalue weighted by molar-refractivity contribution is 5.23. The Morgan fingerprint density at radius 2 is 1.56 bits per heavy atom. The van der Waals surface area contributed by atoms with E-state index in [1.807, 2.05) is 24.3 Å². The second-order valence-electron chi connectivity index (χ2n) is 4.65. The Bertz CT molecular complexity index is 297. The summed E-state index contributed by atoms with van der Waals surface area (Å²) in [5.74, 6) is 0. The molecular formula is C13H22ClNO. The van der Waals surface area contributed by atoms with Crippen LogP contribution >= 0.6 is 0 Å². The van der Waals surface area contributed by atoms with Crippen LogP contribution in [0.15, 0.2) is 24.3 Å². The molecule has 0 aliphatic heterocycles. The Kier molecular flexibility index (Phi) is 6.65. The van der Waals surface area contributed by atoms with Gasteiger partial charge in [0, 0.05) is 0 Å². The summed E-state index contributed by atoms with van der Waals surface area (Å²) in [6.07, 6.45) is -0.381. The molecular weight excluding hydrogens is 222 g/mol. The third-order valence-corrected chi connectivity index (χ3v) is 2.61. The van der Waals surface area contributed by atoms with Gasteiger partial charge >= 0.3 is 0 Å². The third kappa shape index (κ3) is 4.52. The van der Waals surface area contributed by atoms with E-state index in [9.17, 15) is 5.11 Å². The molecule has 1 rings (SSSR count). The van der Waals surface area contributed by atoms with Crippen LogP contribution in [0.2, 0.25) is 0 Å². The van der Waals surface area contributed by atoms with Crippen LogP contribution in [0.5, 0.6) is 0 Å². The second kappa shape index (κ2) is 6.89. The molecule has 2 unspecified atom stereocenters. The number of benzene rings is 1. The van der Waals surface area contributed by atoms with Crippen molar-refractivity contribution in [2.75, 3.05) is 0 Å². The zero-order valence-electron chi connectivity index (χ0n) is 10.4. The minimum Gasteiger partial charge on any atom is -1.00 e. The number of quaternary nitrogens is 1. The van der Waals surface area contributed by atoms with Gasteiger partial charge in [-0.1, -0.05) is 29.8 Å². The van der Waals surface area contributed by atoms with Crippen LogP contribution in [0.1, 0.15) is 38.0 Å². The monoisotopic (exact) mass is 243 g/mol. The van der Waals surface area contributed by atoms with Gasteiger partial charge in [0.05, 0.1) is 6.04 Å². The third-order valence-electron chi connectivity index (χ3n) is 2.61. The Hall–Kier alpha value is -0.570. The molecule has 0 aromatic heterocycles. The SMILES string of the molecule is Cc1ccc(C(O)C(C)[NH2+]C(C)C)cc1.[Cl-]. The van der Waals surface area contributed by atoms with Crippen molar-refractivity contribution < 1.29 is 22.8 Å². The number of aliphatic hydroxyl groups excluding tert-OH is 1. The maximum Gasteiger partial charge on any atom is 0.130 e. The van der Waals surface area contributed by atoms with E-state index >= 15 is 0 Å². The normalized spacial score (nSPS) is 14.4. The standard InChI is InChI=1S/C13H21NO.ClH/c1-9(2)14-11(4)13(15)12-7-5-10(3)6-8-12;/h5-9,11,13-15H,1-4H3;1H. The number of hydrogen-bond acceptors (Lipinski definition) is 1. The van der Waals surface area contributed by atoms with Crippen LogP contribution in [-0.2, 0) is 0 Å². The maximum absolute atomic E-state index is 10.1. The number of aliphatic hydroxyl groups is 1. The molecule has 2 atom stereocenters. The summed E-state index contributed by atoms with van der Waals surface area (Å²) in [6.45, 7) is 8.39. The van der Waals surface area contributed by atoms with Crippen molar-refractivity contribution in [3.63, 3.8) is 0 Å². The molecule has 0 saturated carbocycles. The fourth-order valence-corrected chi connectivity index (χ4v) is 1.78. The summed E-state index contributed by atoms with van der Waals surface area (Å²) in [5.41, 5.74) is 2.23. The van der Waals surface area contributed by atoms with Gasteiger partial charge in [-0.05, 0) is 33.3 Å². The fraction of sp³-hybridized carbons (Fsp3) is 0.538. The van der Waals surface area contributed by atoms with Crippen molar-refractivity contribution in [1.82, 2.24) is 0 Å². The van der Waals surface area contributed by atoms with Crippen molar-refractivity contribution in [2.45, 2.75) is 45.9 Å². The Morgan fingerprint density at radius 3 is 2.00 bits per heavy atom. The van der Waals surface area contributed by atoms with Gasteiger partial charge in [0.1, 0.15) is 12.1 Å². The van der Waals surface area contributed by atoms with Gasteiger partial charge in [0.25, 0.3) is 0 Å². The van der Waals surface area contributed by atoms with Crippen LogP contribution in [0.25, 0.3) is 0 Å². The van der Waals surface area contributed by atoms with E-state index in [-0.39, 0.29) is 24.6 Å². The first-order valence-corrected chi connectivity index (χ1v) is 5.60. The lowest BCUT2D eigenvalue weighted by Gasteiger charge is -2.19. The number of halogens is 1. The summed E-state index contributed by atoms with van der Waals surface area (Å²) < 4.78 is 0. The minimum absolute atomic E-state index is 0. The average Bonchev–Trinajstić information content (AvgIpc) is 2.17. The predicted molar refractivity (Wildman–Crippen MR) is 62.7 cm³/mol. The van der Waals surface area contributed by atoms with Gasteiger partial charge < -0.3 is 22.8 Å². The first-order valence-electron chi connectivity index (χ1n) is 5.60. The number of aryl methyl sites for hydroxylation is 1. The summed E-state index contributed by atoms with van der Waals surface area (Å²) in [4.78, 5) is 0. The Balaban J connectivity index is 0.00000225. The van der Waals surface area contributed by atoms with Gasteiger partial charge in [-0.3, -0.25) is 0 Å². The van der Waals surface area contributed by atoms with Crippen molar-refractivity contribution in [1.29, 1.82) is 0 Å². The quantitative estimate of drug-likeness (QED) is 0.656. The van der Waals surface area contributed by atoms with Crippen molar-refractivity contribution in [2.24, 2.45) is 0 Å². The molecule has 0 saturated heterocycles. The second-order valence-corrected chi connectivity index (χ2v) is 4.65. The molecule has 0 heterocycles. The number of rotatable bonds is 4. The van der Waals surface area contributed by atoms with Gasteiger partial charge in [-0.15, -0.1) is 0 Å². The van der Waals surface area contributed by atoms with Gasteiger partial charge in [0.15, 0.2) is 0 Å². The fourth-order valence-electron chi connectivity index (χ4n) is 1.78. The largest absolute Gasteiger partial charge is 1.00 e. The van der Waals surface area contributed by atoms with E-state index < -0.39 is 0 Å². The molecule has 0 radical (unpaired) electrons. The maximum atomic E-state index is 10.1. The molecule has 0 amide bonds. The first-order chi connectivity index (χ1) is 7.00. The molecule has 2 nitrogen and oxygen atoms in total. The van der Waals surface area contributed by atoms with Crippen LogP contribution in [-0.4, -0.2) is 17.2 Å². The van der Waals surface area contributed by atoms with E-state index in [1.54, 1.807) is 0 Å². The lowest BCUT2D eigenvalue weighted by atomic mass is 10.0. The van der Waals surface area contributed by atoms with Gasteiger partial charge in [-0.2, -0.15) is 0 Å². The molecule has 0 aliphatic rings. The highest BCUT2D eigenvalue weighted by Gasteiger charge is 2.19. The lowest BCUT2D eigenvalue weighted by Crippen LogP contribution is -3.00. The van der Waals surface area contributed by atoms with Gasteiger partial charge in [0.2, 0.25) is 0 Å². The summed E-state index contributed by atoms with van der Waals surface area (Å²) in [6, 6.07) is 8.81. The summed E-state index contributed by atoms with van der Waals surface area (Å²) >= 11 is 0. The number of nitrogens with two attached hydrogens (primary N) is 1. The molecule has 1 aromatic carbocycles. The van der Waals surface area contributed by atoms with Crippen molar-refractivity contribution in [3.8, 4) is 0 Å². The zero-order valence-corrected chi connectivity index (χ0v) is 11.2. The predicted octanol–water partition coefficient (Wildman–Crippen LogP) is -1.61. The Morgan fingerprint density at radius 1 is 1.06 bits per heavy atom. The van der Waals surface area contributed by atoms with Gasteiger partial charge in [-0.25, -0.2) is 0 Å². The van der Waals surface area contributed by atoms with E-state index in [0.29, 0.717) is 6.04 Å². The van der Waals surface area contributed by atoms with E-state index in [4.69, 9.17) is 0 Å². The molecule has 0 bridgehead atoms. The topological polar surface area (TPSA) is 36.8 Å². The molecule has 0 spiro atoms. The van der Waals surface area contributed by atoms with E-state index in [0.717, 1.165) is 5.56 Å². The van der Waals surface area contributed by atoms with Crippen LogP contribution < -0.4 is 17.7 Å². The molecule has 3 heteroatoms. The smallest absolute Gasteiger partial charge is 0.130 e. The summed E-state index contributed by atoms with van der Waals surface area (Å²) in [7, 11) is 0. The molecule has 92 valence electrons. The lowest BCUT2D eigenvalue weighted by molar-refractivity contribution is -0.720. The van der Waals surface area contributed by atoms with Crippen LogP contribution in [0, 0.1) is 6.92 Å². The molecule has 16 heavy (non-hydrogen) atoms. The Labute approximate surface area is 104 Å². The van der Waals surface area contributed by atoms with Crippen LogP contribution in [0.4, 0.5) is 0 Å². The first kappa shape index (κ1) is 15.4. The van der Waals surface area contributed by atoms with Crippen molar-refractivity contribution >= 4 is 0 Å². The molecule has 0 fully saturated rings. The molecule has 0 aliphatic carbocycles. The van der Waals surface area contributed by atoms with Crippen molar-refractivity contribution in [3.05, 3.63) is 35.4 Å². The molecule has 3 N–H and O–H groups in total. The van der Waals surface area contributed by atoms with E-state index in [1.165, 1.54) is 5.56 Å².